The van der Waals surface area contributed by atoms with Crippen LogP contribution in [0.5, 0.6) is 0 Å². The van der Waals surface area contributed by atoms with Crippen LogP contribution in [0.3, 0.4) is 0 Å². The first kappa shape index (κ1) is 14.1. The summed E-state index contributed by atoms with van der Waals surface area (Å²) >= 11 is 0. The highest BCUT2D eigenvalue weighted by molar-refractivity contribution is 5.39. The Morgan fingerprint density at radius 2 is 1.70 bits per heavy atom. The fourth-order valence-corrected chi connectivity index (χ4v) is 4.33. The molecule has 1 fully saturated rings. The second kappa shape index (κ2) is 4.57. The third-order valence-electron chi connectivity index (χ3n) is 6.05. The van der Waals surface area contributed by atoms with Crippen LogP contribution >= 0.6 is 0 Å². The first-order valence-corrected chi connectivity index (χ1v) is 7.93. The molecule has 0 spiro atoms. The molecule has 1 atom stereocenters. The summed E-state index contributed by atoms with van der Waals surface area (Å²) in [6.45, 7) is 5.26. The van der Waals surface area contributed by atoms with Gasteiger partial charge in [0.25, 0.3) is 0 Å². The van der Waals surface area contributed by atoms with Gasteiger partial charge < -0.3 is 10.8 Å². The molecule has 20 heavy (non-hydrogen) atoms. The van der Waals surface area contributed by atoms with Crippen molar-refractivity contribution in [3.8, 4) is 0 Å². The molecule has 1 unspecified atom stereocenters. The fourth-order valence-electron chi connectivity index (χ4n) is 4.33. The van der Waals surface area contributed by atoms with Crippen molar-refractivity contribution in [2.75, 3.05) is 6.54 Å². The van der Waals surface area contributed by atoms with Gasteiger partial charge in [0.1, 0.15) is 0 Å². The molecule has 1 aromatic carbocycles. The Bertz CT molecular complexity index is 498. The minimum absolute atomic E-state index is 0.130. The van der Waals surface area contributed by atoms with Gasteiger partial charge in [-0.25, -0.2) is 0 Å². The van der Waals surface area contributed by atoms with E-state index in [2.05, 4.69) is 32.0 Å². The first-order chi connectivity index (χ1) is 9.43. The van der Waals surface area contributed by atoms with E-state index in [1.54, 1.807) is 0 Å². The maximum atomic E-state index is 11.5. The van der Waals surface area contributed by atoms with E-state index in [0.29, 0.717) is 12.0 Å². The van der Waals surface area contributed by atoms with Gasteiger partial charge in [-0.15, -0.1) is 0 Å². The molecule has 3 rings (SSSR count). The largest absolute Gasteiger partial charge is 0.385 e. The Kier molecular flexibility index (Phi) is 3.22. The quantitative estimate of drug-likeness (QED) is 0.868. The number of hydrogen-bond donors (Lipinski definition) is 2. The topological polar surface area (TPSA) is 46.2 Å². The number of aliphatic hydroxyl groups is 1. The lowest BCUT2D eigenvalue weighted by Crippen LogP contribution is -2.52. The Morgan fingerprint density at radius 1 is 1.05 bits per heavy atom. The summed E-state index contributed by atoms with van der Waals surface area (Å²) in [5, 5.41) is 11.5. The summed E-state index contributed by atoms with van der Waals surface area (Å²) in [7, 11) is 0. The first-order valence-electron chi connectivity index (χ1n) is 7.93. The lowest BCUT2D eigenvalue weighted by Gasteiger charge is -2.51. The molecule has 1 aromatic rings. The summed E-state index contributed by atoms with van der Waals surface area (Å²) in [5.41, 5.74) is 8.20. The van der Waals surface area contributed by atoms with Crippen LogP contribution in [0, 0.1) is 10.8 Å². The number of rotatable bonds is 2. The Labute approximate surface area is 122 Å². The molecule has 0 aliphatic heterocycles. The van der Waals surface area contributed by atoms with E-state index in [4.69, 9.17) is 5.73 Å². The van der Waals surface area contributed by atoms with Crippen molar-refractivity contribution in [1.29, 1.82) is 0 Å². The van der Waals surface area contributed by atoms with E-state index < -0.39 is 5.60 Å². The number of benzene rings is 1. The van der Waals surface area contributed by atoms with Crippen LogP contribution in [0.15, 0.2) is 24.3 Å². The van der Waals surface area contributed by atoms with Crippen molar-refractivity contribution in [2.45, 2.75) is 58.0 Å². The fraction of sp³-hybridized carbons (Fsp3) is 0.667. The van der Waals surface area contributed by atoms with Crippen molar-refractivity contribution < 1.29 is 5.11 Å². The monoisotopic (exact) mass is 273 g/mol. The van der Waals surface area contributed by atoms with E-state index in [1.165, 1.54) is 5.56 Å². The molecule has 0 saturated heterocycles. The van der Waals surface area contributed by atoms with Crippen LogP contribution in [0.4, 0.5) is 0 Å². The third-order valence-corrected chi connectivity index (χ3v) is 6.05. The third kappa shape index (κ3) is 1.93. The van der Waals surface area contributed by atoms with Crippen molar-refractivity contribution in [1.82, 2.24) is 0 Å². The minimum atomic E-state index is -0.713. The van der Waals surface area contributed by atoms with Gasteiger partial charge in [0.2, 0.25) is 0 Å². The molecule has 0 amide bonds. The zero-order valence-electron chi connectivity index (χ0n) is 12.8. The predicted molar refractivity (Wildman–Crippen MR) is 82.4 cm³/mol. The standard InChI is InChI=1S/C18H27NO/c1-16(2)9-11-17(13-19,12-10-16)18(20)8-7-14-5-3-4-6-15(14)18/h3-6,20H,7-13,19H2,1-2H3. The average Bonchev–Trinajstić information content (AvgIpc) is 2.79. The van der Waals surface area contributed by atoms with Crippen molar-refractivity contribution in [2.24, 2.45) is 16.6 Å². The summed E-state index contributed by atoms with van der Waals surface area (Å²) < 4.78 is 0. The van der Waals surface area contributed by atoms with Crippen molar-refractivity contribution in [3.63, 3.8) is 0 Å². The molecule has 2 heteroatoms. The highest BCUT2D eigenvalue weighted by atomic mass is 16.3. The summed E-state index contributed by atoms with van der Waals surface area (Å²) in [6, 6.07) is 8.39. The maximum absolute atomic E-state index is 11.5. The Hall–Kier alpha value is -0.860. The van der Waals surface area contributed by atoms with Gasteiger partial charge in [0.05, 0.1) is 5.60 Å². The van der Waals surface area contributed by atoms with Crippen molar-refractivity contribution in [3.05, 3.63) is 35.4 Å². The number of aryl methyl sites for hydroxylation is 1. The van der Waals surface area contributed by atoms with Gasteiger partial charge in [-0.3, -0.25) is 0 Å². The van der Waals surface area contributed by atoms with E-state index in [-0.39, 0.29) is 5.41 Å². The number of fused-ring (bicyclic) bond motifs is 1. The lowest BCUT2D eigenvalue weighted by molar-refractivity contribution is -0.117. The average molecular weight is 273 g/mol. The number of hydrogen-bond acceptors (Lipinski definition) is 2. The molecule has 0 radical (unpaired) electrons. The lowest BCUT2D eigenvalue weighted by atomic mass is 9.57. The zero-order valence-corrected chi connectivity index (χ0v) is 12.8. The molecule has 2 aliphatic rings. The van der Waals surface area contributed by atoms with Crippen LogP contribution in [0.25, 0.3) is 0 Å². The van der Waals surface area contributed by atoms with E-state index in [0.717, 1.165) is 44.1 Å². The van der Waals surface area contributed by atoms with Gasteiger partial charge in [-0.1, -0.05) is 38.1 Å². The Balaban J connectivity index is 1.98. The van der Waals surface area contributed by atoms with Gasteiger partial charge in [-0.2, -0.15) is 0 Å². The van der Waals surface area contributed by atoms with E-state index in [1.807, 2.05) is 6.07 Å². The Morgan fingerprint density at radius 3 is 2.35 bits per heavy atom. The van der Waals surface area contributed by atoms with E-state index in [9.17, 15) is 5.11 Å². The predicted octanol–water partition coefficient (Wildman–Crippen LogP) is 3.37. The highest BCUT2D eigenvalue weighted by Crippen LogP contribution is 2.57. The molecule has 3 N–H and O–H groups in total. The van der Waals surface area contributed by atoms with Crippen LogP contribution < -0.4 is 5.73 Å². The molecule has 1 saturated carbocycles. The van der Waals surface area contributed by atoms with Gasteiger partial charge in [-0.05, 0) is 55.1 Å². The molecule has 0 heterocycles. The van der Waals surface area contributed by atoms with Crippen molar-refractivity contribution >= 4 is 0 Å². The normalized spacial score (nSPS) is 31.0. The molecule has 0 aromatic heterocycles. The van der Waals surface area contributed by atoms with Crippen LogP contribution in [-0.2, 0) is 12.0 Å². The van der Waals surface area contributed by atoms with Gasteiger partial charge >= 0.3 is 0 Å². The summed E-state index contributed by atoms with van der Waals surface area (Å²) in [5.74, 6) is 0. The molecule has 110 valence electrons. The van der Waals surface area contributed by atoms with Gasteiger partial charge in [0, 0.05) is 12.0 Å². The molecule has 0 bridgehead atoms. The minimum Gasteiger partial charge on any atom is -0.385 e. The van der Waals surface area contributed by atoms with Gasteiger partial charge in [0.15, 0.2) is 0 Å². The molecular weight excluding hydrogens is 246 g/mol. The molecule has 2 aliphatic carbocycles. The molecular formula is C18H27NO. The highest BCUT2D eigenvalue weighted by Gasteiger charge is 2.55. The number of nitrogens with two attached hydrogens (primary N) is 1. The van der Waals surface area contributed by atoms with Crippen LogP contribution in [0.2, 0.25) is 0 Å². The second-order valence-corrected chi connectivity index (χ2v) is 7.67. The van der Waals surface area contributed by atoms with E-state index >= 15 is 0 Å². The summed E-state index contributed by atoms with van der Waals surface area (Å²) in [6.07, 6.45) is 6.23. The zero-order chi connectivity index (χ0) is 14.4. The van der Waals surface area contributed by atoms with Crippen LogP contribution in [-0.4, -0.2) is 11.7 Å². The van der Waals surface area contributed by atoms with Crippen LogP contribution in [0.1, 0.15) is 57.1 Å². The smallest absolute Gasteiger partial charge is 0.0970 e. The molecule has 2 nitrogen and oxygen atoms in total. The SMILES string of the molecule is CC1(C)CCC(CN)(C2(O)CCc3ccccc32)CC1. The summed E-state index contributed by atoms with van der Waals surface area (Å²) in [4.78, 5) is 0. The maximum Gasteiger partial charge on any atom is 0.0970 e. The second-order valence-electron chi connectivity index (χ2n) is 7.67.